The summed E-state index contributed by atoms with van der Waals surface area (Å²) < 4.78 is 17.9. The third kappa shape index (κ3) is 4.77. The molecule has 1 aliphatic rings. The molecule has 4 rings (SSSR count). The van der Waals surface area contributed by atoms with Crippen LogP contribution in [0.25, 0.3) is 10.9 Å². The molecule has 0 bridgehead atoms. The van der Waals surface area contributed by atoms with Gasteiger partial charge in [-0.15, -0.1) is 0 Å². The predicted octanol–water partition coefficient (Wildman–Crippen LogP) is 4.22. The van der Waals surface area contributed by atoms with Gasteiger partial charge in [-0.25, -0.2) is 4.98 Å². The van der Waals surface area contributed by atoms with Crippen molar-refractivity contribution in [2.45, 2.75) is 30.6 Å². The molecule has 1 fully saturated rings. The van der Waals surface area contributed by atoms with Gasteiger partial charge in [-0.2, -0.15) is 0 Å². The number of thioether (sulfide) groups is 1. The number of hydrogen-bond acceptors (Lipinski definition) is 7. The van der Waals surface area contributed by atoms with Crippen LogP contribution in [0.4, 0.5) is 0 Å². The second-order valence-corrected chi connectivity index (χ2v) is 8.76. The van der Waals surface area contributed by atoms with Crippen molar-refractivity contribution in [3.63, 3.8) is 0 Å². The van der Waals surface area contributed by atoms with Crippen LogP contribution in [-0.4, -0.2) is 48.0 Å². The Morgan fingerprint density at radius 1 is 1.25 bits per heavy atom. The van der Waals surface area contributed by atoms with E-state index in [1.807, 2.05) is 0 Å². The average Bonchev–Trinajstić information content (AvgIpc) is 3.32. The Morgan fingerprint density at radius 3 is 2.81 bits per heavy atom. The first-order valence-corrected chi connectivity index (χ1v) is 11.6. The molecule has 0 saturated carbocycles. The molecule has 1 saturated heterocycles. The van der Waals surface area contributed by atoms with Crippen LogP contribution < -0.4 is 15.0 Å². The summed E-state index contributed by atoms with van der Waals surface area (Å²) in [6.45, 7) is 1.08. The third-order valence-electron chi connectivity index (χ3n) is 5.33. The van der Waals surface area contributed by atoms with E-state index in [9.17, 15) is 9.59 Å². The minimum absolute atomic E-state index is 0.0484. The van der Waals surface area contributed by atoms with Crippen molar-refractivity contribution in [2.24, 2.45) is 0 Å². The molecule has 7 nitrogen and oxygen atoms in total. The van der Waals surface area contributed by atoms with E-state index in [1.54, 1.807) is 48.1 Å². The monoisotopic (exact) mass is 474 g/mol. The Hall–Kier alpha value is -2.55. The topological polar surface area (TPSA) is 79.7 Å². The minimum atomic E-state index is -0.170. The maximum atomic E-state index is 13.2. The smallest absolute Gasteiger partial charge is 0.262 e. The number of nitrogens with zero attached hydrogens (tertiary/aromatic N) is 2. The van der Waals surface area contributed by atoms with E-state index in [1.165, 1.54) is 18.9 Å². The van der Waals surface area contributed by atoms with Crippen molar-refractivity contribution in [2.75, 3.05) is 26.6 Å². The molecule has 32 heavy (non-hydrogen) atoms. The van der Waals surface area contributed by atoms with Crippen molar-refractivity contribution in [1.29, 1.82) is 0 Å². The number of methoxy groups -OCH3 is 2. The SMILES string of the molecule is COc1ccc(OC)c(C(=O)CSc2nc3cc(Cl)ccc3c(=O)n2CC2CCCO2)c1. The number of carbonyl (C=O) groups excluding carboxylic acids is 1. The standard InChI is InChI=1S/C23H23ClN2O5S/c1-29-15-6-8-21(30-2)18(11-15)20(27)13-32-23-25-19-10-14(24)5-7-17(19)22(28)26(23)12-16-4-3-9-31-16/h5-8,10-11,16H,3-4,9,12-13H2,1-2H3. The van der Waals surface area contributed by atoms with E-state index in [4.69, 9.17) is 25.8 Å². The molecule has 3 aromatic rings. The van der Waals surface area contributed by atoms with Gasteiger partial charge in [0, 0.05) is 11.6 Å². The summed E-state index contributed by atoms with van der Waals surface area (Å²) in [6.07, 6.45) is 1.80. The maximum absolute atomic E-state index is 13.2. The summed E-state index contributed by atoms with van der Waals surface area (Å²) in [5.74, 6) is 0.947. The number of fused-ring (bicyclic) bond motifs is 1. The summed E-state index contributed by atoms with van der Waals surface area (Å²) in [7, 11) is 3.05. The molecule has 0 amide bonds. The van der Waals surface area contributed by atoms with Gasteiger partial charge in [-0.05, 0) is 49.2 Å². The summed E-state index contributed by atoms with van der Waals surface area (Å²) in [6, 6.07) is 10.1. The quantitative estimate of drug-likeness (QED) is 0.274. The van der Waals surface area contributed by atoms with Gasteiger partial charge in [-0.3, -0.25) is 14.2 Å². The minimum Gasteiger partial charge on any atom is -0.497 e. The molecule has 0 N–H and O–H groups in total. The number of rotatable bonds is 8. The zero-order chi connectivity index (χ0) is 22.7. The molecule has 0 radical (unpaired) electrons. The number of Topliss-reactive ketones (excluding diaryl/α,β-unsaturated/α-hetero) is 1. The van der Waals surface area contributed by atoms with Crippen molar-refractivity contribution >= 4 is 40.0 Å². The lowest BCUT2D eigenvalue weighted by atomic mass is 10.1. The molecule has 168 valence electrons. The van der Waals surface area contributed by atoms with Crippen molar-refractivity contribution in [3.8, 4) is 11.5 Å². The number of ether oxygens (including phenoxy) is 3. The lowest BCUT2D eigenvalue weighted by Crippen LogP contribution is -2.29. The first-order chi connectivity index (χ1) is 15.5. The number of halogens is 1. The Morgan fingerprint density at radius 2 is 2.09 bits per heavy atom. The zero-order valence-electron chi connectivity index (χ0n) is 17.8. The number of ketones is 1. The predicted molar refractivity (Wildman–Crippen MR) is 125 cm³/mol. The zero-order valence-corrected chi connectivity index (χ0v) is 19.4. The molecule has 1 aliphatic heterocycles. The van der Waals surface area contributed by atoms with Crippen LogP contribution in [0.5, 0.6) is 11.5 Å². The van der Waals surface area contributed by atoms with Crippen LogP contribution in [-0.2, 0) is 11.3 Å². The van der Waals surface area contributed by atoms with Gasteiger partial charge in [0.15, 0.2) is 10.9 Å². The van der Waals surface area contributed by atoms with Crippen molar-refractivity contribution < 1.29 is 19.0 Å². The molecule has 9 heteroatoms. The number of carbonyl (C=O) groups is 1. The van der Waals surface area contributed by atoms with Gasteiger partial charge in [0.2, 0.25) is 0 Å². The molecular weight excluding hydrogens is 452 g/mol. The highest BCUT2D eigenvalue weighted by molar-refractivity contribution is 7.99. The lowest BCUT2D eigenvalue weighted by Gasteiger charge is -2.16. The second-order valence-electron chi connectivity index (χ2n) is 7.38. The molecule has 2 heterocycles. The highest BCUT2D eigenvalue weighted by atomic mass is 35.5. The average molecular weight is 475 g/mol. The van der Waals surface area contributed by atoms with Crippen LogP contribution >= 0.6 is 23.4 Å². The maximum Gasteiger partial charge on any atom is 0.262 e. The van der Waals surface area contributed by atoms with Gasteiger partial charge in [0.05, 0.1) is 49.1 Å². The lowest BCUT2D eigenvalue weighted by molar-refractivity contribution is 0.0937. The van der Waals surface area contributed by atoms with Crippen molar-refractivity contribution in [3.05, 3.63) is 57.3 Å². The summed E-state index contributed by atoms with van der Waals surface area (Å²) in [5, 5.41) is 1.43. The normalized spacial score (nSPS) is 15.8. The number of aromatic nitrogens is 2. The fourth-order valence-electron chi connectivity index (χ4n) is 3.68. The van der Waals surface area contributed by atoms with E-state index in [2.05, 4.69) is 4.98 Å². The summed E-state index contributed by atoms with van der Waals surface area (Å²) in [4.78, 5) is 30.9. The van der Waals surface area contributed by atoms with E-state index in [-0.39, 0.29) is 23.2 Å². The Bertz CT molecular complexity index is 1210. The van der Waals surface area contributed by atoms with Crippen molar-refractivity contribution in [1.82, 2.24) is 9.55 Å². The second kappa shape index (κ2) is 9.94. The Kier molecular flexibility index (Phi) is 7.03. The van der Waals surface area contributed by atoms with Gasteiger partial charge >= 0.3 is 0 Å². The molecule has 1 aromatic heterocycles. The molecule has 0 spiro atoms. The molecule has 1 atom stereocenters. The van der Waals surface area contributed by atoms with E-state index in [0.717, 1.165) is 12.8 Å². The van der Waals surface area contributed by atoms with E-state index in [0.29, 0.717) is 51.3 Å². The van der Waals surface area contributed by atoms with Gasteiger partial charge in [0.25, 0.3) is 5.56 Å². The highest BCUT2D eigenvalue weighted by Gasteiger charge is 2.22. The van der Waals surface area contributed by atoms with Crippen LogP contribution in [0.2, 0.25) is 5.02 Å². The first-order valence-electron chi connectivity index (χ1n) is 10.2. The van der Waals surface area contributed by atoms with Crippen LogP contribution in [0.3, 0.4) is 0 Å². The summed E-state index contributed by atoms with van der Waals surface area (Å²) in [5.41, 5.74) is 0.743. The molecule has 1 unspecified atom stereocenters. The van der Waals surface area contributed by atoms with Crippen LogP contribution in [0.1, 0.15) is 23.2 Å². The van der Waals surface area contributed by atoms with E-state index >= 15 is 0 Å². The fraction of sp³-hybridized carbons (Fsp3) is 0.348. The molecule has 2 aromatic carbocycles. The van der Waals surface area contributed by atoms with Gasteiger partial charge < -0.3 is 14.2 Å². The Balaban J connectivity index is 1.67. The number of benzene rings is 2. The van der Waals surface area contributed by atoms with Crippen LogP contribution in [0, 0.1) is 0 Å². The largest absolute Gasteiger partial charge is 0.497 e. The summed E-state index contributed by atoms with van der Waals surface area (Å²) >= 11 is 7.32. The molecular formula is C23H23ClN2O5S. The first kappa shape index (κ1) is 22.6. The highest BCUT2D eigenvalue weighted by Crippen LogP contribution is 2.28. The van der Waals surface area contributed by atoms with E-state index < -0.39 is 0 Å². The van der Waals surface area contributed by atoms with Gasteiger partial charge in [0.1, 0.15) is 11.5 Å². The number of hydrogen-bond donors (Lipinski definition) is 0. The van der Waals surface area contributed by atoms with Gasteiger partial charge in [-0.1, -0.05) is 23.4 Å². The van der Waals surface area contributed by atoms with Crippen LogP contribution in [0.15, 0.2) is 46.3 Å². The Labute approximate surface area is 194 Å². The third-order valence-corrected chi connectivity index (χ3v) is 6.54. The fourth-order valence-corrected chi connectivity index (χ4v) is 4.74. The molecule has 0 aliphatic carbocycles.